The third-order valence-electron chi connectivity index (χ3n) is 6.36. The maximum absolute atomic E-state index is 13.6. The molecule has 0 aliphatic carbocycles. The van der Waals surface area contributed by atoms with Gasteiger partial charge in [-0.25, -0.2) is 0 Å². The van der Waals surface area contributed by atoms with Gasteiger partial charge in [0.05, 0.1) is 17.9 Å². The van der Waals surface area contributed by atoms with Gasteiger partial charge in [0.1, 0.15) is 11.6 Å². The van der Waals surface area contributed by atoms with Crippen LogP contribution in [0, 0.1) is 11.8 Å². The Morgan fingerprint density at radius 3 is 2.71 bits per heavy atom. The average Bonchev–Trinajstić information content (AvgIpc) is 3.27. The van der Waals surface area contributed by atoms with Crippen LogP contribution < -0.4 is 0 Å². The number of unbranched alkanes of at least 4 members (excludes halogenated alkanes) is 1. The molecule has 2 amide bonds. The van der Waals surface area contributed by atoms with Crippen LogP contribution in [0.4, 0.5) is 0 Å². The molecule has 3 rings (SSSR count). The lowest BCUT2D eigenvalue weighted by atomic mass is 9.70. The number of rotatable bonds is 9. The van der Waals surface area contributed by atoms with E-state index in [1.165, 1.54) is 4.90 Å². The van der Waals surface area contributed by atoms with Gasteiger partial charge in [0.15, 0.2) is 0 Å². The highest BCUT2D eigenvalue weighted by Crippen LogP contribution is 2.58. The largest absolute Gasteiger partial charge is 0.481 e. The summed E-state index contributed by atoms with van der Waals surface area (Å²) in [4.78, 5) is 41.9. The molecule has 0 radical (unpaired) electrons. The van der Waals surface area contributed by atoms with Crippen LogP contribution in [0.5, 0.6) is 0 Å². The number of fused-ring (bicyclic) bond motifs is 1. The van der Waals surface area contributed by atoms with Crippen molar-refractivity contribution in [2.45, 2.75) is 63.3 Å². The number of aliphatic hydroxyl groups excluding tert-OH is 1. The fraction of sp³-hybridized carbons (Fsp3) is 0.750. The van der Waals surface area contributed by atoms with Crippen molar-refractivity contribution < 1.29 is 29.3 Å². The molecule has 3 heterocycles. The molecule has 1 spiro atoms. The van der Waals surface area contributed by atoms with Crippen molar-refractivity contribution in [1.82, 2.24) is 9.80 Å². The Morgan fingerprint density at radius 1 is 1.43 bits per heavy atom. The summed E-state index contributed by atoms with van der Waals surface area (Å²) in [6.45, 7) is 8.17. The number of carboxylic acid groups (broad SMARTS) is 1. The van der Waals surface area contributed by atoms with E-state index >= 15 is 0 Å². The zero-order valence-corrected chi connectivity index (χ0v) is 16.5. The van der Waals surface area contributed by atoms with Crippen LogP contribution in [-0.2, 0) is 19.1 Å². The lowest BCUT2D eigenvalue weighted by molar-refractivity contribution is -0.151. The van der Waals surface area contributed by atoms with E-state index in [4.69, 9.17) is 9.84 Å². The topological polar surface area (TPSA) is 107 Å². The second-order valence-electron chi connectivity index (χ2n) is 8.23. The minimum atomic E-state index is -1.07. The van der Waals surface area contributed by atoms with Crippen molar-refractivity contribution in [2.24, 2.45) is 11.8 Å². The predicted molar refractivity (Wildman–Crippen MR) is 100 cm³/mol. The van der Waals surface area contributed by atoms with Crippen LogP contribution in [-0.4, -0.2) is 81.3 Å². The normalized spacial score (nSPS) is 33.4. The summed E-state index contributed by atoms with van der Waals surface area (Å²) in [6.07, 6.45) is 3.22. The minimum absolute atomic E-state index is 0.000122. The Kier molecular flexibility index (Phi) is 5.82. The number of ether oxygens (including phenoxy) is 1. The van der Waals surface area contributed by atoms with Crippen molar-refractivity contribution in [1.29, 1.82) is 0 Å². The molecule has 0 saturated carbocycles. The molecular formula is C20H30N2O6. The number of aliphatic carboxylic acids is 1. The zero-order valence-electron chi connectivity index (χ0n) is 16.5. The van der Waals surface area contributed by atoms with Gasteiger partial charge in [-0.05, 0) is 39.5 Å². The highest BCUT2D eigenvalue weighted by Gasteiger charge is 2.74. The molecule has 28 heavy (non-hydrogen) atoms. The quantitative estimate of drug-likeness (QED) is 0.439. The van der Waals surface area contributed by atoms with Gasteiger partial charge in [0.25, 0.3) is 0 Å². The third kappa shape index (κ3) is 3.03. The highest BCUT2D eigenvalue weighted by molar-refractivity contribution is 5.98. The van der Waals surface area contributed by atoms with E-state index in [-0.39, 0.29) is 24.5 Å². The summed E-state index contributed by atoms with van der Waals surface area (Å²) < 4.78 is 6.14. The Bertz CT molecular complexity index is 665. The molecule has 3 aliphatic heterocycles. The number of likely N-dealkylation sites (tertiary alicyclic amines) is 1. The molecule has 2 bridgehead atoms. The van der Waals surface area contributed by atoms with Gasteiger partial charge >= 0.3 is 5.97 Å². The van der Waals surface area contributed by atoms with Gasteiger partial charge in [-0.1, -0.05) is 6.08 Å². The number of hydrogen-bond acceptors (Lipinski definition) is 5. The molecule has 0 aromatic heterocycles. The highest BCUT2D eigenvalue weighted by atomic mass is 16.5. The molecule has 2 unspecified atom stereocenters. The maximum atomic E-state index is 13.6. The second kappa shape index (κ2) is 7.83. The van der Waals surface area contributed by atoms with E-state index in [0.29, 0.717) is 38.8 Å². The van der Waals surface area contributed by atoms with Gasteiger partial charge in [-0.15, -0.1) is 6.58 Å². The number of aliphatic hydroxyl groups is 1. The van der Waals surface area contributed by atoms with Crippen molar-refractivity contribution >= 4 is 17.8 Å². The van der Waals surface area contributed by atoms with E-state index in [1.807, 2.05) is 13.8 Å². The summed E-state index contributed by atoms with van der Waals surface area (Å²) >= 11 is 0. The van der Waals surface area contributed by atoms with E-state index in [9.17, 15) is 19.5 Å². The second-order valence-corrected chi connectivity index (χ2v) is 8.23. The molecule has 0 aromatic rings. The van der Waals surface area contributed by atoms with Gasteiger partial charge in [0, 0.05) is 25.7 Å². The molecule has 8 nitrogen and oxygen atoms in total. The third-order valence-corrected chi connectivity index (χ3v) is 6.36. The molecule has 3 aliphatic rings. The fourth-order valence-electron chi connectivity index (χ4n) is 5.20. The number of carbonyl (C=O) groups excluding carboxylic acids is 2. The molecule has 8 heteroatoms. The minimum Gasteiger partial charge on any atom is -0.481 e. The molecule has 0 aromatic carbocycles. The van der Waals surface area contributed by atoms with E-state index < -0.39 is 35.6 Å². The summed E-state index contributed by atoms with van der Waals surface area (Å²) in [5.74, 6) is -3.31. The lowest BCUT2D eigenvalue weighted by Gasteiger charge is -2.38. The molecular weight excluding hydrogens is 364 g/mol. The van der Waals surface area contributed by atoms with Gasteiger partial charge in [0.2, 0.25) is 11.8 Å². The number of carboxylic acids is 1. The first-order valence-corrected chi connectivity index (χ1v) is 10.0. The average molecular weight is 394 g/mol. The van der Waals surface area contributed by atoms with Crippen molar-refractivity contribution in [3.8, 4) is 0 Å². The Hall–Kier alpha value is -1.93. The van der Waals surface area contributed by atoms with Crippen LogP contribution >= 0.6 is 0 Å². The zero-order chi connectivity index (χ0) is 20.6. The van der Waals surface area contributed by atoms with E-state index in [0.717, 1.165) is 0 Å². The summed E-state index contributed by atoms with van der Waals surface area (Å²) in [7, 11) is 0. The molecule has 5 atom stereocenters. The Balaban J connectivity index is 2.00. The van der Waals surface area contributed by atoms with Crippen LogP contribution in [0.1, 0.15) is 39.5 Å². The van der Waals surface area contributed by atoms with Gasteiger partial charge in [-0.2, -0.15) is 0 Å². The number of nitrogens with zero attached hydrogens (tertiary/aromatic N) is 2. The van der Waals surface area contributed by atoms with Gasteiger partial charge in [-0.3, -0.25) is 14.4 Å². The monoisotopic (exact) mass is 394 g/mol. The van der Waals surface area contributed by atoms with Crippen molar-refractivity contribution in [2.75, 3.05) is 19.7 Å². The predicted octanol–water partition coefficient (Wildman–Crippen LogP) is 0.641. The van der Waals surface area contributed by atoms with Crippen LogP contribution in [0.3, 0.4) is 0 Å². The van der Waals surface area contributed by atoms with Crippen molar-refractivity contribution in [3.63, 3.8) is 0 Å². The van der Waals surface area contributed by atoms with E-state index in [2.05, 4.69) is 6.58 Å². The van der Waals surface area contributed by atoms with Gasteiger partial charge < -0.3 is 24.7 Å². The molecule has 2 N–H and O–H groups in total. The Morgan fingerprint density at radius 2 is 2.14 bits per heavy atom. The summed E-state index contributed by atoms with van der Waals surface area (Å²) in [5, 5.41) is 18.8. The first-order chi connectivity index (χ1) is 13.3. The molecule has 3 fully saturated rings. The van der Waals surface area contributed by atoms with Crippen LogP contribution in [0.25, 0.3) is 0 Å². The number of amides is 2. The van der Waals surface area contributed by atoms with Crippen LogP contribution in [0.15, 0.2) is 12.7 Å². The summed E-state index contributed by atoms with van der Waals surface area (Å²) in [6, 6.07) is -0.926. The van der Waals surface area contributed by atoms with Crippen molar-refractivity contribution in [3.05, 3.63) is 12.7 Å². The summed E-state index contributed by atoms with van der Waals surface area (Å²) in [5.41, 5.74) is -1.07. The standard InChI is InChI=1S/C20H30N2O6/c1-4-9-21(12(2)3)18(25)16-20-8-7-13(28-20)14(19(26)27)15(20)17(24)22(16)10-5-6-11-23/h4,12-16,23H,1,5-11H2,2-3H3,(H,26,27)/t13-,14+,15-,16?,20?/m0/s1. The molecule has 3 saturated heterocycles. The first kappa shape index (κ1) is 20.8. The van der Waals surface area contributed by atoms with E-state index in [1.54, 1.807) is 11.0 Å². The fourth-order valence-corrected chi connectivity index (χ4v) is 5.20. The first-order valence-electron chi connectivity index (χ1n) is 10.0. The smallest absolute Gasteiger partial charge is 0.310 e. The van der Waals surface area contributed by atoms with Crippen LogP contribution in [0.2, 0.25) is 0 Å². The maximum Gasteiger partial charge on any atom is 0.310 e. The number of hydrogen-bond donors (Lipinski definition) is 2. The SMILES string of the molecule is C=CCN(C(=O)C1N(CCCCO)C(=O)[C@@H]2[C@H](C(=O)O)[C@@H]3CCC12O3)C(C)C. The Labute approximate surface area is 165 Å². The molecule has 156 valence electrons. The lowest BCUT2D eigenvalue weighted by Crippen LogP contribution is -2.57. The number of carbonyl (C=O) groups is 3.